The minimum atomic E-state index is -3.53. The fourth-order valence-corrected chi connectivity index (χ4v) is 5.32. The van der Waals surface area contributed by atoms with Crippen LogP contribution in [0.2, 0.25) is 0 Å². The van der Waals surface area contributed by atoms with E-state index < -0.39 is 33.1 Å². The van der Waals surface area contributed by atoms with Crippen molar-refractivity contribution < 1.29 is 33.0 Å². The van der Waals surface area contributed by atoms with Crippen LogP contribution in [0, 0.1) is 5.41 Å². The molecule has 0 unspecified atom stereocenters. The lowest BCUT2D eigenvalue weighted by atomic mass is 9.92. The van der Waals surface area contributed by atoms with E-state index in [9.17, 15) is 22.8 Å². The van der Waals surface area contributed by atoms with Crippen molar-refractivity contribution in [3.8, 4) is 0 Å². The van der Waals surface area contributed by atoms with E-state index in [0.29, 0.717) is 17.7 Å². The number of carboxylic acids is 2. The van der Waals surface area contributed by atoms with Crippen molar-refractivity contribution in [2.75, 3.05) is 33.7 Å². The van der Waals surface area contributed by atoms with Crippen molar-refractivity contribution in [2.45, 2.75) is 43.9 Å². The molecular weight excluding hydrogens is 502 g/mol. The van der Waals surface area contributed by atoms with Crippen molar-refractivity contribution in [3.05, 3.63) is 36.2 Å². The van der Waals surface area contributed by atoms with E-state index >= 15 is 0 Å². The number of rotatable bonds is 8. The van der Waals surface area contributed by atoms with E-state index in [1.54, 1.807) is 12.1 Å². The number of carboxylic acid groups (broad SMARTS) is 2. The molecule has 4 N–H and O–H groups in total. The minimum absolute atomic E-state index is 0.0658. The van der Waals surface area contributed by atoms with E-state index in [-0.39, 0.29) is 23.4 Å². The quantitative estimate of drug-likeness (QED) is 0.420. The van der Waals surface area contributed by atoms with Gasteiger partial charge in [-0.15, -0.1) is 0 Å². The zero-order chi connectivity index (χ0) is 28.1. The first-order valence-electron chi connectivity index (χ1n) is 11.6. The summed E-state index contributed by atoms with van der Waals surface area (Å²) < 4.78 is 28.1. The molecule has 37 heavy (non-hydrogen) atoms. The van der Waals surface area contributed by atoms with Crippen LogP contribution in [0.25, 0.3) is 11.0 Å². The smallest absolute Gasteiger partial charge is 0.328 e. The highest BCUT2D eigenvalue weighted by Gasteiger charge is 2.40. The Morgan fingerprint density at radius 3 is 2.16 bits per heavy atom. The highest BCUT2D eigenvalue weighted by molar-refractivity contribution is 7.92. The number of nitrogens with two attached hydrogens (primary N) is 1. The number of hydrogen-bond donors (Lipinski definition) is 3. The molecule has 0 spiro atoms. The molecule has 3 rings (SSSR count). The fourth-order valence-electron chi connectivity index (χ4n) is 3.64. The number of aromatic nitrogens is 2. The molecule has 1 aliphatic heterocycles. The predicted molar refractivity (Wildman–Crippen MR) is 138 cm³/mol. The Balaban J connectivity index is 0.000000521. The molecule has 13 heteroatoms. The van der Waals surface area contributed by atoms with Crippen LogP contribution < -0.4 is 5.73 Å². The summed E-state index contributed by atoms with van der Waals surface area (Å²) in [6.45, 7) is 8.44. The maximum absolute atomic E-state index is 12.9. The number of imidazole rings is 1. The number of fused-ring (bicyclic) bond motifs is 1. The fraction of sp³-hybridized carbons (Fsp3) is 0.500. The van der Waals surface area contributed by atoms with Gasteiger partial charge in [-0.1, -0.05) is 20.8 Å². The molecule has 1 fully saturated rings. The zero-order valence-corrected chi connectivity index (χ0v) is 22.5. The van der Waals surface area contributed by atoms with E-state index in [4.69, 9.17) is 20.9 Å². The molecule has 0 radical (unpaired) electrons. The van der Waals surface area contributed by atoms with E-state index in [2.05, 4.69) is 30.2 Å². The van der Waals surface area contributed by atoms with Crippen molar-refractivity contribution >= 4 is 38.8 Å². The van der Waals surface area contributed by atoms with Crippen LogP contribution in [0.1, 0.15) is 26.6 Å². The number of urea groups is 1. The van der Waals surface area contributed by atoms with Crippen LogP contribution in [0.5, 0.6) is 0 Å². The van der Waals surface area contributed by atoms with E-state index in [1.807, 2.05) is 20.2 Å². The van der Waals surface area contributed by atoms with Gasteiger partial charge in [0.1, 0.15) is 11.1 Å². The number of nitrogens with zero attached hydrogens (tertiary/aromatic N) is 4. The van der Waals surface area contributed by atoms with Crippen LogP contribution in [-0.2, 0) is 32.4 Å². The molecule has 1 saturated heterocycles. The van der Waals surface area contributed by atoms with E-state index in [1.165, 1.54) is 4.90 Å². The Morgan fingerprint density at radius 2 is 1.70 bits per heavy atom. The lowest BCUT2D eigenvalue weighted by molar-refractivity contribution is -0.134. The van der Waals surface area contributed by atoms with Crippen LogP contribution in [0.3, 0.4) is 0 Å². The molecule has 12 nitrogen and oxygen atoms in total. The maximum atomic E-state index is 12.9. The average molecular weight is 538 g/mol. The number of amides is 2. The van der Waals surface area contributed by atoms with Gasteiger partial charge in [-0.25, -0.2) is 27.8 Å². The zero-order valence-electron chi connectivity index (χ0n) is 21.7. The molecule has 204 valence electrons. The number of likely N-dealkylation sites (N-methyl/N-ethyl adjacent to an activating group) is 1. The second-order valence-corrected chi connectivity index (χ2v) is 12.5. The van der Waals surface area contributed by atoms with Gasteiger partial charge in [-0.05, 0) is 37.7 Å². The maximum Gasteiger partial charge on any atom is 0.328 e. The summed E-state index contributed by atoms with van der Waals surface area (Å²) in [5, 5.41) is 15.0. The monoisotopic (exact) mass is 537 g/mol. The summed E-state index contributed by atoms with van der Waals surface area (Å²) in [7, 11) is 0.526. The Kier molecular flexibility index (Phi) is 9.44. The second kappa shape index (κ2) is 11.7. The van der Waals surface area contributed by atoms with Crippen LogP contribution in [0.15, 0.2) is 35.2 Å². The number of carbonyl (C=O) groups excluding carboxylic acids is 1. The molecule has 1 aromatic heterocycles. The summed E-state index contributed by atoms with van der Waals surface area (Å²) in [5.41, 5.74) is 6.91. The molecule has 1 aliphatic rings. The molecule has 0 saturated carbocycles. The first-order chi connectivity index (χ1) is 17.0. The minimum Gasteiger partial charge on any atom is -0.478 e. The highest BCUT2D eigenvalue weighted by atomic mass is 32.2. The first-order valence-corrected chi connectivity index (χ1v) is 13.1. The Morgan fingerprint density at radius 1 is 1.14 bits per heavy atom. The largest absolute Gasteiger partial charge is 0.478 e. The van der Waals surface area contributed by atoms with Crippen molar-refractivity contribution in [1.82, 2.24) is 19.4 Å². The van der Waals surface area contributed by atoms with Gasteiger partial charge < -0.3 is 30.3 Å². The lowest BCUT2D eigenvalue weighted by Crippen LogP contribution is -2.58. The van der Waals surface area contributed by atoms with Crippen LogP contribution >= 0.6 is 0 Å². The number of sulfone groups is 1. The van der Waals surface area contributed by atoms with Gasteiger partial charge in [0.15, 0.2) is 9.84 Å². The van der Waals surface area contributed by atoms with Gasteiger partial charge in [-0.2, -0.15) is 0 Å². The van der Waals surface area contributed by atoms with Gasteiger partial charge >= 0.3 is 18.0 Å². The van der Waals surface area contributed by atoms with E-state index in [0.717, 1.165) is 30.9 Å². The SMILES string of the molecule is CN(C)CCn1c(CC(C)(C)C)nc2cc(S(=O)(=O)C3CN(C(N)=O)C3)ccc21.O=C(O)/C=C/C(=O)O. The Bertz CT molecular complexity index is 1270. The van der Waals surface area contributed by atoms with Gasteiger partial charge in [-0.3, -0.25) is 0 Å². The summed E-state index contributed by atoms with van der Waals surface area (Å²) in [4.78, 5) is 38.8. The summed E-state index contributed by atoms with van der Waals surface area (Å²) >= 11 is 0. The predicted octanol–water partition coefficient (Wildman–Crippen LogP) is 1.43. The normalized spacial score (nSPS) is 14.5. The average Bonchev–Trinajstić information content (AvgIpc) is 3.03. The van der Waals surface area contributed by atoms with Gasteiger partial charge in [0, 0.05) is 44.8 Å². The third-order valence-electron chi connectivity index (χ3n) is 5.55. The van der Waals surface area contributed by atoms with Crippen molar-refractivity contribution in [1.29, 1.82) is 0 Å². The van der Waals surface area contributed by atoms with Gasteiger partial charge in [0.25, 0.3) is 0 Å². The summed E-state index contributed by atoms with van der Waals surface area (Å²) in [6.07, 6.45) is 1.91. The second-order valence-electron chi connectivity index (χ2n) is 10.3. The van der Waals surface area contributed by atoms with Crippen LogP contribution in [0.4, 0.5) is 4.79 Å². The first kappa shape index (κ1) is 29.8. The van der Waals surface area contributed by atoms with Gasteiger partial charge in [0.05, 0.1) is 15.9 Å². The molecule has 2 heterocycles. The lowest BCUT2D eigenvalue weighted by Gasteiger charge is -2.37. The molecule has 2 amide bonds. The summed E-state index contributed by atoms with van der Waals surface area (Å²) in [6, 6.07) is 4.58. The van der Waals surface area contributed by atoms with Gasteiger partial charge in [0.2, 0.25) is 0 Å². The van der Waals surface area contributed by atoms with Crippen molar-refractivity contribution in [2.24, 2.45) is 11.1 Å². The molecule has 0 bridgehead atoms. The molecule has 1 aromatic carbocycles. The number of hydrogen-bond acceptors (Lipinski definition) is 7. The summed E-state index contributed by atoms with van der Waals surface area (Å²) in [5.74, 6) is -1.55. The number of primary amides is 1. The molecular formula is C24H35N5O7S. The Labute approximate surface area is 216 Å². The molecule has 0 aliphatic carbocycles. The third kappa shape index (κ3) is 8.29. The molecule has 0 atom stereocenters. The van der Waals surface area contributed by atoms with Crippen LogP contribution in [-0.4, -0.2) is 94.9 Å². The topological polar surface area (TPSA) is 176 Å². The molecule has 2 aromatic rings. The third-order valence-corrected chi connectivity index (χ3v) is 7.64. The number of carbonyl (C=O) groups is 3. The number of likely N-dealkylation sites (tertiary alicyclic amines) is 1. The standard InChI is InChI=1S/C20H31N5O3S.C4H4O4/c1-20(2,3)11-18-22-16-10-14(6-7-17(16)25(18)9-8-23(4)5)29(27,28)15-12-24(13-15)19(21)26;5-3(6)1-2-4(7)8/h6-7,10,15H,8-9,11-13H2,1-5H3,(H2,21,26);1-2H,(H,5,6)(H,7,8)/b;2-1+. The number of benzene rings is 1. The Hall–Kier alpha value is -3.45. The highest BCUT2D eigenvalue weighted by Crippen LogP contribution is 2.29. The number of aliphatic carboxylic acids is 2. The van der Waals surface area contributed by atoms with Crippen molar-refractivity contribution in [3.63, 3.8) is 0 Å².